The number of aromatic hydroxyl groups is 1. The van der Waals surface area contributed by atoms with E-state index in [2.05, 4.69) is 22.8 Å². The summed E-state index contributed by atoms with van der Waals surface area (Å²) >= 11 is 2.04. The van der Waals surface area contributed by atoms with E-state index in [1.54, 1.807) is 13.2 Å². The van der Waals surface area contributed by atoms with Crippen LogP contribution in [0.25, 0.3) is 0 Å². The van der Waals surface area contributed by atoms with Gasteiger partial charge in [0.2, 0.25) is 0 Å². The van der Waals surface area contributed by atoms with Gasteiger partial charge >= 0.3 is 0 Å². The van der Waals surface area contributed by atoms with Crippen molar-refractivity contribution in [2.45, 2.75) is 56.7 Å². The molecule has 3 aliphatic rings. The van der Waals surface area contributed by atoms with E-state index < -0.39 is 5.60 Å². The summed E-state index contributed by atoms with van der Waals surface area (Å²) in [6.07, 6.45) is 4.78. The molecule has 0 spiro atoms. The number of fused-ring (bicyclic) bond motifs is 5. The lowest BCUT2D eigenvalue weighted by Crippen LogP contribution is -2.54. The van der Waals surface area contributed by atoms with Crippen LogP contribution in [0.5, 0.6) is 5.75 Å². The molecule has 3 nitrogen and oxygen atoms in total. The summed E-state index contributed by atoms with van der Waals surface area (Å²) in [7, 11) is 1.79. The largest absolute Gasteiger partial charge is 0.508 e. The third kappa shape index (κ3) is 2.46. The SMILES string of the molecule is COC1CC2(C)C(CCC2(O)C#CI)C2CCc3cc(O)ccc3C12. The predicted molar refractivity (Wildman–Crippen MR) is 106 cm³/mol. The van der Waals surface area contributed by atoms with E-state index in [0.717, 1.165) is 32.1 Å². The summed E-state index contributed by atoms with van der Waals surface area (Å²) in [4.78, 5) is 0. The molecule has 2 fully saturated rings. The summed E-state index contributed by atoms with van der Waals surface area (Å²) in [5, 5.41) is 21.2. The molecule has 4 heteroatoms. The number of ether oxygens (including phenoxy) is 1. The van der Waals surface area contributed by atoms with Crippen molar-refractivity contribution < 1.29 is 14.9 Å². The number of phenols is 1. The molecule has 4 rings (SSSR count). The molecule has 3 aliphatic carbocycles. The van der Waals surface area contributed by atoms with Crippen LogP contribution in [0.15, 0.2) is 18.2 Å². The summed E-state index contributed by atoms with van der Waals surface area (Å²) in [5.41, 5.74) is 1.46. The highest BCUT2D eigenvalue weighted by Crippen LogP contribution is 2.64. The minimum absolute atomic E-state index is 0.0791. The van der Waals surface area contributed by atoms with E-state index in [1.165, 1.54) is 11.1 Å². The lowest BCUT2D eigenvalue weighted by atomic mass is 9.52. The van der Waals surface area contributed by atoms with Gasteiger partial charge < -0.3 is 14.9 Å². The van der Waals surface area contributed by atoms with Gasteiger partial charge in [-0.3, -0.25) is 0 Å². The Hall–Kier alpha value is -0.770. The van der Waals surface area contributed by atoms with Crippen LogP contribution in [0.2, 0.25) is 0 Å². The number of hydrogen-bond acceptors (Lipinski definition) is 3. The van der Waals surface area contributed by atoms with Gasteiger partial charge in [-0.2, -0.15) is 0 Å². The van der Waals surface area contributed by atoms with Crippen molar-refractivity contribution in [3.05, 3.63) is 29.3 Å². The highest BCUT2D eigenvalue weighted by molar-refractivity contribution is 14.1. The van der Waals surface area contributed by atoms with Crippen molar-refractivity contribution >= 4 is 22.6 Å². The topological polar surface area (TPSA) is 49.7 Å². The molecule has 1 aromatic carbocycles. The Morgan fingerprint density at radius 3 is 2.84 bits per heavy atom. The fraction of sp³-hybridized carbons (Fsp3) is 0.619. The third-order valence-electron chi connectivity index (χ3n) is 7.37. The zero-order chi connectivity index (χ0) is 17.8. The normalized spacial score (nSPS) is 41.9. The molecule has 0 bridgehead atoms. The van der Waals surface area contributed by atoms with Gasteiger partial charge in [0.1, 0.15) is 11.4 Å². The molecule has 0 aromatic heterocycles. The van der Waals surface area contributed by atoms with Crippen molar-refractivity contribution in [2.75, 3.05) is 7.11 Å². The lowest BCUT2D eigenvalue weighted by Gasteiger charge is -2.54. The number of hydrogen-bond donors (Lipinski definition) is 2. The maximum Gasteiger partial charge on any atom is 0.132 e. The molecular weight excluding hydrogens is 427 g/mol. The number of halogens is 1. The smallest absolute Gasteiger partial charge is 0.132 e. The summed E-state index contributed by atoms with van der Waals surface area (Å²) in [6.45, 7) is 2.22. The standard InChI is InChI=1S/C21H25IO3/c1-20-12-18(25-2)19-15-6-4-14(23)11-13(15)3-5-16(19)17(20)7-8-21(20,24)9-10-22/h4,6,11,16-19,23-24H,3,5,7-8,12H2,1-2H3. The lowest BCUT2D eigenvalue weighted by molar-refractivity contribution is -0.116. The number of methoxy groups -OCH3 is 1. The second-order valence-corrected chi connectivity index (χ2v) is 8.77. The Morgan fingerprint density at radius 1 is 1.32 bits per heavy atom. The molecule has 2 saturated carbocycles. The zero-order valence-electron chi connectivity index (χ0n) is 14.8. The van der Waals surface area contributed by atoms with E-state index in [0.29, 0.717) is 23.5 Å². The molecule has 2 N–H and O–H groups in total. The van der Waals surface area contributed by atoms with Gasteiger partial charge in [0.25, 0.3) is 0 Å². The minimum atomic E-state index is -0.907. The highest BCUT2D eigenvalue weighted by Gasteiger charge is 2.63. The molecule has 0 radical (unpaired) electrons. The van der Waals surface area contributed by atoms with Crippen LogP contribution >= 0.6 is 22.6 Å². The molecule has 25 heavy (non-hydrogen) atoms. The number of aryl methyl sites for hydroxylation is 1. The van der Waals surface area contributed by atoms with Crippen LogP contribution in [-0.4, -0.2) is 29.0 Å². The van der Waals surface area contributed by atoms with Crippen LogP contribution in [0, 0.1) is 27.1 Å². The molecule has 134 valence electrons. The minimum Gasteiger partial charge on any atom is -0.508 e. The van der Waals surface area contributed by atoms with Crippen LogP contribution in [0.3, 0.4) is 0 Å². The van der Waals surface area contributed by atoms with Gasteiger partial charge in [-0.1, -0.05) is 18.9 Å². The van der Waals surface area contributed by atoms with Gasteiger partial charge in [-0.25, -0.2) is 0 Å². The second-order valence-electron chi connectivity index (χ2n) is 8.23. The molecule has 0 saturated heterocycles. The maximum absolute atomic E-state index is 11.3. The van der Waals surface area contributed by atoms with E-state index in [-0.39, 0.29) is 11.5 Å². The Labute approximate surface area is 163 Å². The first-order chi connectivity index (χ1) is 11.9. The molecule has 1 aromatic rings. The van der Waals surface area contributed by atoms with Crippen molar-refractivity contribution in [2.24, 2.45) is 17.3 Å². The number of benzene rings is 1. The Bertz CT molecular complexity index is 751. The van der Waals surface area contributed by atoms with E-state index >= 15 is 0 Å². The second kappa shape index (κ2) is 6.14. The number of phenolic OH excluding ortho intramolecular Hbond substituents is 1. The Morgan fingerprint density at radius 2 is 2.12 bits per heavy atom. The van der Waals surface area contributed by atoms with Crippen LogP contribution in [0.4, 0.5) is 0 Å². The first-order valence-corrected chi connectivity index (χ1v) is 10.2. The zero-order valence-corrected chi connectivity index (χ0v) is 16.9. The average molecular weight is 452 g/mol. The third-order valence-corrected chi connectivity index (χ3v) is 7.64. The average Bonchev–Trinajstić information content (AvgIpc) is 2.85. The van der Waals surface area contributed by atoms with Crippen LogP contribution in [-0.2, 0) is 11.2 Å². The summed E-state index contributed by atoms with van der Waals surface area (Å²) < 4.78 is 8.91. The molecule has 0 aliphatic heterocycles. The maximum atomic E-state index is 11.3. The molecule has 6 unspecified atom stereocenters. The number of aliphatic hydroxyl groups is 1. The van der Waals surface area contributed by atoms with Crippen LogP contribution in [0.1, 0.15) is 49.7 Å². The first-order valence-electron chi connectivity index (χ1n) is 9.13. The molecule has 0 amide bonds. The van der Waals surface area contributed by atoms with Crippen molar-refractivity contribution in [3.8, 4) is 15.6 Å². The van der Waals surface area contributed by atoms with Gasteiger partial charge in [-0.15, -0.1) is 0 Å². The summed E-state index contributed by atoms with van der Waals surface area (Å²) in [5.74, 6) is 4.80. The van der Waals surface area contributed by atoms with Gasteiger partial charge in [0.15, 0.2) is 0 Å². The van der Waals surface area contributed by atoms with Gasteiger partial charge in [0.05, 0.1) is 6.10 Å². The number of rotatable bonds is 1. The molecule has 0 heterocycles. The molecular formula is C21H25IO3. The predicted octanol–water partition coefficient (Wildman–Crippen LogP) is 4.00. The van der Waals surface area contributed by atoms with Gasteiger partial charge in [0, 0.05) is 41.0 Å². The Balaban J connectivity index is 1.79. The van der Waals surface area contributed by atoms with E-state index in [4.69, 9.17) is 4.74 Å². The quantitative estimate of drug-likeness (QED) is 0.501. The molecule has 6 atom stereocenters. The van der Waals surface area contributed by atoms with E-state index in [1.807, 2.05) is 28.7 Å². The van der Waals surface area contributed by atoms with E-state index in [9.17, 15) is 10.2 Å². The fourth-order valence-electron chi connectivity index (χ4n) is 6.13. The van der Waals surface area contributed by atoms with Crippen molar-refractivity contribution in [1.82, 2.24) is 0 Å². The monoisotopic (exact) mass is 452 g/mol. The first kappa shape index (κ1) is 17.6. The van der Waals surface area contributed by atoms with Crippen molar-refractivity contribution in [1.29, 1.82) is 0 Å². The highest BCUT2D eigenvalue weighted by atomic mass is 127. The van der Waals surface area contributed by atoms with Crippen molar-refractivity contribution in [3.63, 3.8) is 0 Å². The fourth-order valence-corrected chi connectivity index (χ4v) is 6.58. The van der Waals surface area contributed by atoms with Gasteiger partial charge in [-0.05, 0) is 71.1 Å². The summed E-state index contributed by atoms with van der Waals surface area (Å²) in [6, 6.07) is 5.80. The Kier molecular flexibility index (Phi) is 4.33. The van der Waals surface area contributed by atoms with Crippen LogP contribution < -0.4 is 0 Å².